The lowest BCUT2D eigenvalue weighted by molar-refractivity contribution is -0.0671. The second-order valence-electron chi connectivity index (χ2n) is 8.84. The van der Waals surface area contributed by atoms with Crippen LogP contribution in [0.5, 0.6) is 0 Å². The number of carbonyl (C=O) groups excluding carboxylic acids is 1. The molecule has 5 rings (SSSR count). The predicted octanol–water partition coefficient (Wildman–Crippen LogP) is 3.59. The smallest absolute Gasteiger partial charge is 0.274 e. The van der Waals surface area contributed by atoms with Crippen LogP contribution in [0.3, 0.4) is 0 Å². The fourth-order valence-electron chi connectivity index (χ4n) is 6.28. The van der Waals surface area contributed by atoms with E-state index in [-0.39, 0.29) is 5.56 Å². The van der Waals surface area contributed by atoms with Gasteiger partial charge in [-0.2, -0.15) is 0 Å². The Labute approximate surface area is 148 Å². The van der Waals surface area contributed by atoms with E-state index in [1.54, 1.807) is 12.1 Å². The minimum atomic E-state index is -0.688. The van der Waals surface area contributed by atoms with Crippen LogP contribution in [0.1, 0.15) is 54.4 Å². The first-order valence-electron chi connectivity index (χ1n) is 9.38. The molecule has 4 aliphatic rings. The first-order chi connectivity index (χ1) is 12.0. The lowest BCUT2D eigenvalue weighted by Crippen LogP contribution is -2.50. The fourth-order valence-corrected chi connectivity index (χ4v) is 6.28. The molecule has 0 aromatic heterocycles. The van der Waals surface area contributed by atoms with Crippen LogP contribution in [0.4, 0.5) is 4.39 Å². The average molecular weight is 346 g/mol. The molecule has 4 fully saturated rings. The number of carbonyl (C=O) groups is 1. The van der Waals surface area contributed by atoms with Crippen LogP contribution in [-0.4, -0.2) is 29.6 Å². The van der Waals surface area contributed by atoms with Crippen molar-refractivity contribution in [2.75, 3.05) is 13.6 Å². The molecule has 0 radical (unpaired) electrons. The molecule has 4 saturated carbocycles. The first-order valence-corrected chi connectivity index (χ1v) is 9.38. The Balaban J connectivity index is 1.42. The second-order valence-corrected chi connectivity index (χ2v) is 8.84. The highest BCUT2D eigenvalue weighted by molar-refractivity contribution is 5.93. The SMILES string of the molecule is CN(Cc1ccc(C(=O)NO)cc1F)CC12CC3CC(CC(C3)C1)C2. The van der Waals surface area contributed by atoms with Crippen LogP contribution >= 0.6 is 0 Å². The van der Waals surface area contributed by atoms with Gasteiger partial charge in [0.1, 0.15) is 5.82 Å². The second kappa shape index (κ2) is 6.36. The molecule has 0 spiro atoms. The fraction of sp³-hybridized carbons (Fsp3) is 0.650. The van der Waals surface area contributed by atoms with Gasteiger partial charge in [-0.3, -0.25) is 10.0 Å². The number of amides is 1. The minimum Gasteiger partial charge on any atom is -0.301 e. The molecule has 0 unspecified atom stereocenters. The number of nitrogens with zero attached hydrogens (tertiary/aromatic N) is 1. The van der Waals surface area contributed by atoms with Crippen LogP contribution < -0.4 is 5.48 Å². The Kier molecular flexibility index (Phi) is 4.32. The van der Waals surface area contributed by atoms with Gasteiger partial charge in [-0.25, -0.2) is 9.87 Å². The number of rotatable bonds is 5. The Morgan fingerprint density at radius 3 is 2.36 bits per heavy atom. The van der Waals surface area contributed by atoms with Gasteiger partial charge < -0.3 is 4.90 Å². The Bertz CT molecular complexity index is 640. The lowest BCUT2D eigenvalue weighted by Gasteiger charge is -2.57. The Morgan fingerprint density at radius 1 is 1.24 bits per heavy atom. The van der Waals surface area contributed by atoms with Gasteiger partial charge in [0.2, 0.25) is 0 Å². The normalized spacial score (nSPS) is 33.0. The van der Waals surface area contributed by atoms with Gasteiger partial charge in [0.15, 0.2) is 0 Å². The van der Waals surface area contributed by atoms with Crippen molar-refractivity contribution in [1.82, 2.24) is 10.4 Å². The first kappa shape index (κ1) is 17.0. The minimum absolute atomic E-state index is 0.132. The van der Waals surface area contributed by atoms with E-state index in [9.17, 15) is 9.18 Å². The summed E-state index contributed by atoms with van der Waals surface area (Å²) in [6.07, 6.45) is 8.36. The summed E-state index contributed by atoms with van der Waals surface area (Å²) in [6, 6.07) is 4.40. The van der Waals surface area contributed by atoms with Crippen LogP contribution in [0, 0.1) is 29.0 Å². The number of halogens is 1. The molecule has 4 aliphatic carbocycles. The Morgan fingerprint density at radius 2 is 1.84 bits per heavy atom. The molecule has 4 bridgehead atoms. The number of hydrogen-bond acceptors (Lipinski definition) is 3. The number of nitrogens with one attached hydrogen (secondary N) is 1. The van der Waals surface area contributed by atoms with Gasteiger partial charge in [0.05, 0.1) is 0 Å². The van der Waals surface area contributed by atoms with E-state index in [1.165, 1.54) is 50.1 Å². The summed E-state index contributed by atoms with van der Waals surface area (Å²) in [7, 11) is 2.08. The van der Waals surface area contributed by atoms with Crippen molar-refractivity contribution in [3.8, 4) is 0 Å². The van der Waals surface area contributed by atoms with Gasteiger partial charge in [-0.05, 0) is 80.9 Å². The third-order valence-electron chi connectivity index (χ3n) is 6.63. The van der Waals surface area contributed by atoms with E-state index >= 15 is 0 Å². The summed E-state index contributed by atoms with van der Waals surface area (Å²) in [5, 5.41) is 8.65. The standard InChI is InChI=1S/C20H27FN2O2/c1-23(11-17-3-2-16(7-18(17)21)19(24)22-25)12-20-8-13-4-14(9-20)6-15(5-13)10-20/h2-3,7,13-15,25H,4-6,8-12H2,1H3,(H,22,24). The van der Waals surface area contributed by atoms with Crippen molar-refractivity contribution in [2.24, 2.45) is 23.2 Å². The van der Waals surface area contributed by atoms with Crippen LogP contribution in [0.2, 0.25) is 0 Å². The molecule has 25 heavy (non-hydrogen) atoms. The van der Waals surface area contributed by atoms with E-state index in [1.807, 2.05) is 0 Å². The number of hydroxylamine groups is 1. The van der Waals surface area contributed by atoms with Crippen LogP contribution in [0.15, 0.2) is 18.2 Å². The van der Waals surface area contributed by atoms with Crippen molar-refractivity contribution in [3.63, 3.8) is 0 Å². The van der Waals surface area contributed by atoms with E-state index in [0.29, 0.717) is 17.5 Å². The molecule has 2 N–H and O–H groups in total. The van der Waals surface area contributed by atoms with E-state index in [0.717, 1.165) is 24.3 Å². The van der Waals surface area contributed by atoms with Gasteiger partial charge in [-0.15, -0.1) is 0 Å². The van der Waals surface area contributed by atoms with Gasteiger partial charge >= 0.3 is 0 Å². The largest absolute Gasteiger partial charge is 0.301 e. The third-order valence-corrected chi connectivity index (χ3v) is 6.63. The molecular weight excluding hydrogens is 319 g/mol. The summed E-state index contributed by atoms with van der Waals surface area (Å²) < 4.78 is 14.3. The highest BCUT2D eigenvalue weighted by Crippen LogP contribution is 2.60. The molecule has 0 heterocycles. The van der Waals surface area contributed by atoms with Crippen molar-refractivity contribution in [2.45, 2.75) is 45.1 Å². The van der Waals surface area contributed by atoms with Gasteiger partial charge in [-0.1, -0.05) is 6.07 Å². The molecule has 1 aromatic rings. The van der Waals surface area contributed by atoms with Crippen molar-refractivity contribution in [1.29, 1.82) is 0 Å². The van der Waals surface area contributed by atoms with E-state index < -0.39 is 11.7 Å². The highest BCUT2D eigenvalue weighted by Gasteiger charge is 2.50. The predicted molar refractivity (Wildman–Crippen MR) is 92.6 cm³/mol. The quantitative estimate of drug-likeness (QED) is 0.633. The average Bonchev–Trinajstić information content (AvgIpc) is 2.54. The summed E-state index contributed by atoms with van der Waals surface area (Å²) in [5.41, 5.74) is 2.71. The van der Waals surface area contributed by atoms with Crippen molar-refractivity contribution >= 4 is 5.91 Å². The molecule has 1 aromatic carbocycles. The zero-order chi connectivity index (χ0) is 17.6. The molecule has 0 saturated heterocycles. The molecule has 0 aliphatic heterocycles. The maximum Gasteiger partial charge on any atom is 0.274 e. The van der Waals surface area contributed by atoms with Gasteiger partial charge in [0.25, 0.3) is 5.91 Å². The zero-order valence-electron chi connectivity index (χ0n) is 14.8. The third kappa shape index (κ3) is 3.32. The molecular formula is C20H27FN2O2. The summed E-state index contributed by atoms with van der Waals surface area (Å²) >= 11 is 0. The lowest BCUT2D eigenvalue weighted by atomic mass is 9.49. The van der Waals surface area contributed by atoms with Crippen LogP contribution in [-0.2, 0) is 6.54 Å². The molecule has 0 atom stereocenters. The summed E-state index contributed by atoms with van der Waals surface area (Å²) in [4.78, 5) is 13.6. The molecule has 136 valence electrons. The van der Waals surface area contributed by atoms with Crippen molar-refractivity contribution < 1.29 is 14.4 Å². The van der Waals surface area contributed by atoms with Crippen molar-refractivity contribution in [3.05, 3.63) is 35.1 Å². The Hall–Kier alpha value is -1.46. The van der Waals surface area contributed by atoms with Crippen LogP contribution in [0.25, 0.3) is 0 Å². The molecule has 5 heteroatoms. The summed E-state index contributed by atoms with van der Waals surface area (Å²) in [6.45, 7) is 1.59. The maximum atomic E-state index is 14.3. The molecule has 4 nitrogen and oxygen atoms in total. The monoisotopic (exact) mass is 346 g/mol. The summed E-state index contributed by atoms with van der Waals surface area (Å²) in [5.74, 6) is 1.69. The topological polar surface area (TPSA) is 52.6 Å². The number of hydrogen-bond donors (Lipinski definition) is 2. The number of benzene rings is 1. The van der Waals surface area contributed by atoms with E-state index in [2.05, 4.69) is 11.9 Å². The highest BCUT2D eigenvalue weighted by atomic mass is 19.1. The van der Waals surface area contributed by atoms with Gasteiger partial charge in [0, 0.05) is 24.2 Å². The maximum absolute atomic E-state index is 14.3. The molecule has 1 amide bonds. The zero-order valence-corrected chi connectivity index (χ0v) is 14.8. The van der Waals surface area contributed by atoms with E-state index in [4.69, 9.17) is 5.21 Å².